The highest BCUT2D eigenvalue weighted by atomic mass is 32.1. The van der Waals surface area contributed by atoms with E-state index in [1.54, 1.807) is 18.3 Å². The van der Waals surface area contributed by atoms with Gasteiger partial charge in [-0.05, 0) is 32.7 Å². The molecule has 1 aromatic heterocycles. The van der Waals surface area contributed by atoms with E-state index < -0.39 is 0 Å². The molecule has 0 aliphatic carbocycles. The number of aromatic nitrogens is 1. The molecular formula is C13H20N2OS. The van der Waals surface area contributed by atoms with Crippen molar-refractivity contribution in [1.29, 1.82) is 0 Å². The van der Waals surface area contributed by atoms with E-state index in [0.717, 1.165) is 11.4 Å². The second-order valence-corrected chi connectivity index (χ2v) is 6.07. The van der Waals surface area contributed by atoms with Crippen LogP contribution in [0.1, 0.15) is 42.7 Å². The first-order valence-corrected chi connectivity index (χ1v) is 7.13. The molecule has 3 nitrogen and oxygen atoms in total. The minimum atomic E-state index is 0.0720. The Morgan fingerprint density at radius 3 is 2.94 bits per heavy atom. The van der Waals surface area contributed by atoms with E-state index in [0.29, 0.717) is 17.7 Å². The summed E-state index contributed by atoms with van der Waals surface area (Å²) in [6.45, 7) is 8.45. The highest BCUT2D eigenvalue weighted by molar-refractivity contribution is 7.09. The third kappa shape index (κ3) is 3.13. The van der Waals surface area contributed by atoms with Crippen molar-refractivity contribution in [3.8, 4) is 0 Å². The first-order chi connectivity index (χ1) is 8.06. The maximum absolute atomic E-state index is 11.2. The summed E-state index contributed by atoms with van der Waals surface area (Å²) in [6.07, 6.45) is 2.29. The van der Waals surface area contributed by atoms with Gasteiger partial charge in [-0.25, -0.2) is 4.98 Å². The standard InChI is InChI=1S/C13H20N2OS/c1-9(2)15-5-4-11(7-15)6-13-14-12(8-17-13)10(3)16/h8-9,11H,4-7H2,1-3H3. The fourth-order valence-electron chi connectivity index (χ4n) is 2.31. The van der Waals surface area contributed by atoms with Gasteiger partial charge in [0.05, 0.1) is 5.01 Å². The summed E-state index contributed by atoms with van der Waals surface area (Å²) in [5, 5.41) is 3.00. The van der Waals surface area contributed by atoms with Crippen molar-refractivity contribution in [2.75, 3.05) is 13.1 Å². The summed E-state index contributed by atoms with van der Waals surface area (Å²) in [7, 11) is 0. The van der Waals surface area contributed by atoms with Gasteiger partial charge in [0.1, 0.15) is 5.69 Å². The third-order valence-electron chi connectivity index (χ3n) is 3.42. The Morgan fingerprint density at radius 1 is 1.65 bits per heavy atom. The predicted molar refractivity (Wildman–Crippen MR) is 70.6 cm³/mol. The van der Waals surface area contributed by atoms with Gasteiger partial charge in [0.15, 0.2) is 5.78 Å². The lowest BCUT2D eigenvalue weighted by atomic mass is 10.1. The molecule has 1 unspecified atom stereocenters. The number of carbonyl (C=O) groups is 1. The fraction of sp³-hybridized carbons (Fsp3) is 0.692. The van der Waals surface area contributed by atoms with Crippen molar-refractivity contribution >= 4 is 17.1 Å². The molecule has 0 amide bonds. The molecule has 1 aromatic rings. The van der Waals surface area contributed by atoms with Gasteiger partial charge < -0.3 is 4.90 Å². The fourth-order valence-corrected chi connectivity index (χ4v) is 3.26. The number of ketones is 1. The number of Topliss-reactive ketones (excluding diaryl/α,β-unsaturated/α-hetero) is 1. The maximum atomic E-state index is 11.2. The Morgan fingerprint density at radius 2 is 2.41 bits per heavy atom. The Bertz CT molecular complexity index is 400. The molecule has 1 atom stereocenters. The van der Waals surface area contributed by atoms with Crippen molar-refractivity contribution < 1.29 is 4.79 Å². The molecule has 4 heteroatoms. The molecule has 2 rings (SSSR count). The highest BCUT2D eigenvalue weighted by Crippen LogP contribution is 2.24. The molecule has 1 saturated heterocycles. The number of hydrogen-bond acceptors (Lipinski definition) is 4. The van der Waals surface area contributed by atoms with Gasteiger partial charge in [0.25, 0.3) is 0 Å². The second kappa shape index (κ2) is 5.27. The van der Waals surface area contributed by atoms with Crippen LogP contribution in [0.4, 0.5) is 0 Å². The minimum Gasteiger partial charge on any atom is -0.301 e. The zero-order valence-electron chi connectivity index (χ0n) is 10.8. The number of likely N-dealkylation sites (tertiary alicyclic amines) is 1. The van der Waals surface area contributed by atoms with Crippen LogP contribution in [-0.2, 0) is 6.42 Å². The number of hydrogen-bond donors (Lipinski definition) is 0. The Balaban J connectivity index is 1.91. The summed E-state index contributed by atoms with van der Waals surface area (Å²) in [5.41, 5.74) is 0.628. The quantitative estimate of drug-likeness (QED) is 0.772. The van der Waals surface area contributed by atoms with Crippen LogP contribution in [0, 0.1) is 5.92 Å². The topological polar surface area (TPSA) is 33.2 Å². The number of thiazole rings is 1. The van der Waals surface area contributed by atoms with Crippen LogP contribution in [0.5, 0.6) is 0 Å². The molecule has 1 fully saturated rings. The van der Waals surface area contributed by atoms with E-state index in [1.807, 2.05) is 5.38 Å². The molecule has 94 valence electrons. The van der Waals surface area contributed by atoms with E-state index in [2.05, 4.69) is 23.7 Å². The van der Waals surface area contributed by atoms with E-state index in [4.69, 9.17) is 0 Å². The lowest BCUT2D eigenvalue weighted by Crippen LogP contribution is -2.28. The van der Waals surface area contributed by atoms with Crippen LogP contribution >= 0.6 is 11.3 Å². The molecule has 0 aromatic carbocycles. The van der Waals surface area contributed by atoms with Gasteiger partial charge in [0, 0.05) is 31.3 Å². The van der Waals surface area contributed by atoms with Gasteiger partial charge in [-0.15, -0.1) is 11.3 Å². The number of rotatable bonds is 4. The molecular weight excluding hydrogens is 232 g/mol. The van der Waals surface area contributed by atoms with Crippen LogP contribution in [0.15, 0.2) is 5.38 Å². The molecule has 1 aliphatic heterocycles. The normalized spacial score (nSPS) is 21.3. The van der Waals surface area contributed by atoms with Gasteiger partial charge in [-0.2, -0.15) is 0 Å². The molecule has 2 heterocycles. The minimum absolute atomic E-state index is 0.0720. The van der Waals surface area contributed by atoms with E-state index >= 15 is 0 Å². The monoisotopic (exact) mass is 252 g/mol. The van der Waals surface area contributed by atoms with Crippen molar-refractivity contribution in [3.63, 3.8) is 0 Å². The smallest absolute Gasteiger partial charge is 0.178 e. The van der Waals surface area contributed by atoms with Crippen molar-refractivity contribution in [2.24, 2.45) is 5.92 Å². The van der Waals surface area contributed by atoms with E-state index in [-0.39, 0.29) is 5.78 Å². The Hall–Kier alpha value is -0.740. The molecule has 0 radical (unpaired) electrons. The summed E-state index contributed by atoms with van der Waals surface area (Å²) < 4.78 is 0. The lowest BCUT2D eigenvalue weighted by Gasteiger charge is -2.19. The predicted octanol–water partition coefficient (Wildman–Crippen LogP) is 2.62. The highest BCUT2D eigenvalue weighted by Gasteiger charge is 2.25. The third-order valence-corrected chi connectivity index (χ3v) is 4.29. The second-order valence-electron chi connectivity index (χ2n) is 5.13. The first-order valence-electron chi connectivity index (χ1n) is 6.25. The van der Waals surface area contributed by atoms with Crippen LogP contribution in [0.2, 0.25) is 0 Å². The molecule has 1 aliphatic rings. The van der Waals surface area contributed by atoms with Crippen molar-refractivity contribution in [1.82, 2.24) is 9.88 Å². The molecule has 17 heavy (non-hydrogen) atoms. The number of nitrogens with zero attached hydrogens (tertiary/aromatic N) is 2. The van der Waals surface area contributed by atoms with Gasteiger partial charge in [0.2, 0.25) is 0 Å². The lowest BCUT2D eigenvalue weighted by molar-refractivity contribution is 0.101. The van der Waals surface area contributed by atoms with Crippen LogP contribution in [-0.4, -0.2) is 34.8 Å². The molecule has 0 spiro atoms. The van der Waals surface area contributed by atoms with Crippen molar-refractivity contribution in [2.45, 2.75) is 39.7 Å². The average molecular weight is 252 g/mol. The van der Waals surface area contributed by atoms with Gasteiger partial charge >= 0.3 is 0 Å². The Kier molecular flexibility index (Phi) is 3.94. The summed E-state index contributed by atoms with van der Waals surface area (Å²) in [4.78, 5) is 18.1. The van der Waals surface area contributed by atoms with E-state index in [1.165, 1.54) is 19.5 Å². The van der Waals surface area contributed by atoms with Crippen LogP contribution in [0.25, 0.3) is 0 Å². The van der Waals surface area contributed by atoms with Gasteiger partial charge in [-0.1, -0.05) is 0 Å². The zero-order chi connectivity index (χ0) is 12.4. The summed E-state index contributed by atoms with van der Waals surface area (Å²) in [6, 6.07) is 0.643. The maximum Gasteiger partial charge on any atom is 0.178 e. The van der Waals surface area contributed by atoms with Crippen LogP contribution in [0.3, 0.4) is 0 Å². The summed E-state index contributed by atoms with van der Waals surface area (Å²) in [5.74, 6) is 0.783. The van der Waals surface area contributed by atoms with E-state index in [9.17, 15) is 4.79 Å². The average Bonchev–Trinajstić information content (AvgIpc) is 2.87. The van der Waals surface area contributed by atoms with Crippen LogP contribution < -0.4 is 0 Å². The molecule has 0 saturated carbocycles. The Labute approximate surface area is 107 Å². The SMILES string of the molecule is CC(=O)c1csc(CC2CCN(C(C)C)C2)n1. The zero-order valence-corrected chi connectivity index (χ0v) is 11.6. The molecule has 0 N–H and O–H groups in total. The number of carbonyl (C=O) groups excluding carboxylic acids is 1. The molecule has 0 bridgehead atoms. The van der Waals surface area contributed by atoms with Crippen molar-refractivity contribution in [3.05, 3.63) is 16.1 Å². The summed E-state index contributed by atoms with van der Waals surface area (Å²) >= 11 is 1.62. The van der Waals surface area contributed by atoms with Gasteiger partial charge in [-0.3, -0.25) is 4.79 Å². The first kappa shape index (κ1) is 12.7. The largest absolute Gasteiger partial charge is 0.301 e.